The fraction of sp³-hybridized carbons (Fsp3) is 0.500. The van der Waals surface area contributed by atoms with Crippen molar-refractivity contribution in [1.29, 1.82) is 0 Å². The molecule has 19 heavy (non-hydrogen) atoms. The maximum absolute atomic E-state index is 12.6. The second kappa shape index (κ2) is 4.96. The molecule has 0 amide bonds. The van der Waals surface area contributed by atoms with E-state index < -0.39 is 17.3 Å². The van der Waals surface area contributed by atoms with Gasteiger partial charge in [-0.15, -0.1) is 0 Å². The van der Waals surface area contributed by atoms with Crippen LogP contribution in [0, 0.1) is 0 Å². The summed E-state index contributed by atoms with van der Waals surface area (Å²) in [6.07, 6.45) is -1.72. The Balaban J connectivity index is 2.15. The van der Waals surface area contributed by atoms with Gasteiger partial charge in [-0.05, 0) is 31.4 Å². The van der Waals surface area contributed by atoms with Crippen LogP contribution in [0.3, 0.4) is 0 Å². The van der Waals surface area contributed by atoms with Gasteiger partial charge < -0.3 is 4.74 Å². The van der Waals surface area contributed by atoms with E-state index in [1.165, 1.54) is 12.1 Å². The molecule has 1 fully saturated rings. The largest absolute Gasteiger partial charge is 0.416 e. The van der Waals surface area contributed by atoms with E-state index in [0.29, 0.717) is 0 Å². The zero-order valence-electron chi connectivity index (χ0n) is 10.6. The fourth-order valence-electron chi connectivity index (χ4n) is 2.29. The second-order valence-corrected chi connectivity index (χ2v) is 4.92. The minimum absolute atomic E-state index is 0.0955. The summed E-state index contributed by atoms with van der Waals surface area (Å²) in [5.74, 6) is -0.298. The van der Waals surface area contributed by atoms with E-state index in [1.807, 2.05) is 0 Å². The topological polar surface area (TPSA) is 26.3 Å². The van der Waals surface area contributed by atoms with Gasteiger partial charge in [-0.25, -0.2) is 0 Å². The number of methoxy groups -OCH3 is 1. The van der Waals surface area contributed by atoms with Crippen LogP contribution >= 0.6 is 0 Å². The average molecular weight is 272 g/mol. The molecule has 1 aliphatic carbocycles. The molecular weight excluding hydrogens is 257 g/mol. The van der Waals surface area contributed by atoms with Crippen molar-refractivity contribution in [1.82, 2.24) is 0 Å². The summed E-state index contributed by atoms with van der Waals surface area (Å²) in [6, 6.07) is 4.55. The van der Waals surface area contributed by atoms with Gasteiger partial charge in [0.2, 0.25) is 0 Å². The zero-order valence-corrected chi connectivity index (χ0v) is 10.6. The molecular formula is C14H15F3O2. The molecule has 0 aliphatic heterocycles. The molecule has 1 aromatic rings. The van der Waals surface area contributed by atoms with Crippen molar-refractivity contribution >= 4 is 5.78 Å². The van der Waals surface area contributed by atoms with E-state index in [0.717, 1.165) is 31.4 Å². The highest BCUT2D eigenvalue weighted by atomic mass is 19.4. The molecule has 0 atom stereocenters. The highest BCUT2D eigenvalue weighted by Gasteiger charge is 2.39. The molecule has 1 aromatic carbocycles. The van der Waals surface area contributed by atoms with E-state index in [2.05, 4.69) is 0 Å². The van der Waals surface area contributed by atoms with Crippen molar-refractivity contribution in [3.8, 4) is 0 Å². The number of hydrogen-bond donors (Lipinski definition) is 0. The number of carbonyl (C=O) groups is 1. The molecule has 0 bridgehead atoms. The van der Waals surface area contributed by atoms with Gasteiger partial charge in [0.1, 0.15) is 0 Å². The van der Waals surface area contributed by atoms with Crippen LogP contribution in [0.1, 0.15) is 41.6 Å². The Morgan fingerprint density at radius 1 is 1.37 bits per heavy atom. The molecule has 104 valence electrons. The van der Waals surface area contributed by atoms with Gasteiger partial charge >= 0.3 is 6.18 Å². The highest BCUT2D eigenvalue weighted by molar-refractivity contribution is 5.97. The normalized spacial score (nSPS) is 17.9. The quantitative estimate of drug-likeness (QED) is 0.778. The van der Waals surface area contributed by atoms with E-state index in [4.69, 9.17) is 4.74 Å². The lowest BCUT2D eigenvalue weighted by Gasteiger charge is -2.40. The molecule has 0 radical (unpaired) electrons. The fourth-order valence-corrected chi connectivity index (χ4v) is 2.29. The molecule has 0 unspecified atom stereocenters. The number of halogens is 3. The van der Waals surface area contributed by atoms with Crippen LogP contribution < -0.4 is 0 Å². The second-order valence-electron chi connectivity index (χ2n) is 4.92. The van der Waals surface area contributed by atoms with E-state index in [-0.39, 0.29) is 17.8 Å². The number of ketones is 1. The molecule has 1 saturated carbocycles. The summed E-state index contributed by atoms with van der Waals surface area (Å²) in [5, 5.41) is 0. The van der Waals surface area contributed by atoms with Crippen LogP contribution in [0.2, 0.25) is 0 Å². The molecule has 0 aromatic heterocycles. The maximum atomic E-state index is 12.6. The average Bonchev–Trinajstić information content (AvgIpc) is 2.32. The number of hydrogen-bond acceptors (Lipinski definition) is 2. The van der Waals surface area contributed by atoms with Crippen molar-refractivity contribution in [3.63, 3.8) is 0 Å². The van der Waals surface area contributed by atoms with E-state index in [9.17, 15) is 18.0 Å². The predicted octanol–water partition coefficient (Wildman–Crippen LogP) is 3.85. The number of alkyl halides is 3. The van der Waals surface area contributed by atoms with Gasteiger partial charge in [-0.3, -0.25) is 4.79 Å². The number of rotatable bonds is 4. The monoisotopic (exact) mass is 272 g/mol. The van der Waals surface area contributed by atoms with Crippen LogP contribution in [-0.2, 0) is 10.9 Å². The Morgan fingerprint density at radius 3 is 2.53 bits per heavy atom. The Kier molecular flexibility index (Phi) is 3.67. The van der Waals surface area contributed by atoms with E-state index >= 15 is 0 Å². The van der Waals surface area contributed by atoms with Gasteiger partial charge in [0.05, 0.1) is 11.2 Å². The summed E-state index contributed by atoms with van der Waals surface area (Å²) in [5.41, 5.74) is -1.16. The van der Waals surface area contributed by atoms with Gasteiger partial charge in [-0.1, -0.05) is 12.1 Å². The van der Waals surface area contributed by atoms with Gasteiger partial charge in [0.15, 0.2) is 5.78 Å². The van der Waals surface area contributed by atoms with Crippen molar-refractivity contribution in [2.45, 2.75) is 37.5 Å². The van der Waals surface area contributed by atoms with Crippen LogP contribution in [-0.4, -0.2) is 18.5 Å². The molecule has 0 spiro atoms. The molecule has 0 saturated heterocycles. The Morgan fingerprint density at radius 2 is 2.05 bits per heavy atom. The number of ether oxygens (including phenoxy) is 1. The molecule has 2 nitrogen and oxygen atoms in total. The van der Waals surface area contributed by atoms with Crippen LogP contribution in [0.25, 0.3) is 0 Å². The number of carbonyl (C=O) groups excluding carboxylic acids is 1. The Bertz CT molecular complexity index is 470. The molecule has 2 rings (SSSR count). The van der Waals surface area contributed by atoms with E-state index in [1.54, 1.807) is 7.11 Å². The lowest BCUT2D eigenvalue weighted by molar-refractivity contribution is -0.137. The van der Waals surface area contributed by atoms with Gasteiger partial charge in [0.25, 0.3) is 0 Å². The van der Waals surface area contributed by atoms with Crippen molar-refractivity contribution in [2.24, 2.45) is 0 Å². The first kappa shape index (κ1) is 14.1. The molecule has 1 aliphatic rings. The summed E-state index contributed by atoms with van der Waals surface area (Å²) < 4.78 is 43.1. The highest BCUT2D eigenvalue weighted by Crippen LogP contribution is 2.39. The smallest absolute Gasteiger partial charge is 0.378 e. The third kappa shape index (κ3) is 2.97. The lowest BCUT2D eigenvalue weighted by atomic mass is 9.76. The molecule has 0 N–H and O–H groups in total. The predicted molar refractivity (Wildman–Crippen MR) is 64.0 cm³/mol. The zero-order chi connectivity index (χ0) is 14.1. The summed E-state index contributed by atoms with van der Waals surface area (Å²) in [7, 11) is 1.54. The van der Waals surface area contributed by atoms with Crippen molar-refractivity contribution in [2.75, 3.05) is 7.11 Å². The van der Waals surface area contributed by atoms with Crippen LogP contribution in [0.5, 0.6) is 0 Å². The van der Waals surface area contributed by atoms with Crippen LogP contribution in [0.4, 0.5) is 13.2 Å². The third-order valence-electron chi connectivity index (χ3n) is 3.69. The first-order valence-corrected chi connectivity index (χ1v) is 6.12. The summed E-state index contributed by atoms with van der Waals surface area (Å²) in [6.45, 7) is 0. The minimum atomic E-state index is -4.42. The Hall–Kier alpha value is -1.36. The number of Topliss-reactive ketones (excluding diaryl/α,β-unsaturated/α-hetero) is 1. The summed E-state index contributed by atoms with van der Waals surface area (Å²) in [4.78, 5) is 12.0. The first-order valence-electron chi connectivity index (χ1n) is 6.12. The maximum Gasteiger partial charge on any atom is 0.416 e. The lowest BCUT2D eigenvalue weighted by Crippen LogP contribution is -2.41. The van der Waals surface area contributed by atoms with Crippen molar-refractivity contribution < 1.29 is 22.7 Å². The number of benzene rings is 1. The minimum Gasteiger partial charge on any atom is -0.378 e. The van der Waals surface area contributed by atoms with Crippen molar-refractivity contribution in [3.05, 3.63) is 35.4 Å². The van der Waals surface area contributed by atoms with Gasteiger partial charge in [0, 0.05) is 19.1 Å². The Labute approximate surface area is 109 Å². The SMILES string of the molecule is COC1(CC(=O)c2cccc(C(F)(F)F)c2)CCC1. The summed E-state index contributed by atoms with van der Waals surface area (Å²) >= 11 is 0. The van der Waals surface area contributed by atoms with Crippen LogP contribution in [0.15, 0.2) is 24.3 Å². The standard InChI is InChI=1S/C14H15F3O2/c1-19-13(6-3-7-13)9-12(18)10-4-2-5-11(8-10)14(15,16)17/h2,4-5,8H,3,6-7,9H2,1H3. The molecule has 5 heteroatoms. The molecule has 0 heterocycles. The third-order valence-corrected chi connectivity index (χ3v) is 3.69. The van der Waals surface area contributed by atoms with Gasteiger partial charge in [-0.2, -0.15) is 13.2 Å². The first-order chi connectivity index (χ1) is 8.86.